The van der Waals surface area contributed by atoms with Gasteiger partial charge in [-0.1, -0.05) is 13.8 Å². The van der Waals surface area contributed by atoms with Gasteiger partial charge in [0.15, 0.2) is 0 Å². The summed E-state index contributed by atoms with van der Waals surface area (Å²) in [5, 5.41) is 0. The van der Waals surface area contributed by atoms with Crippen molar-refractivity contribution in [3.05, 3.63) is 0 Å². The van der Waals surface area contributed by atoms with E-state index in [4.69, 9.17) is 5.73 Å². The van der Waals surface area contributed by atoms with Crippen molar-refractivity contribution in [1.82, 2.24) is 9.80 Å². The van der Waals surface area contributed by atoms with Gasteiger partial charge in [0.05, 0.1) is 0 Å². The van der Waals surface area contributed by atoms with Crippen LogP contribution in [0.3, 0.4) is 0 Å². The summed E-state index contributed by atoms with van der Waals surface area (Å²) in [7, 11) is 4.40. The molecule has 0 aromatic rings. The Morgan fingerprint density at radius 1 is 1.35 bits per heavy atom. The number of hydrogen-bond acceptors (Lipinski definition) is 3. The Bertz CT molecular complexity index is 285. The Kier molecular flexibility index (Phi) is 3.30. The first-order chi connectivity index (χ1) is 7.84. The van der Waals surface area contributed by atoms with Crippen LogP contribution in [0.5, 0.6) is 0 Å². The molecule has 1 heterocycles. The summed E-state index contributed by atoms with van der Waals surface area (Å²) in [6, 6.07) is 0.684. The summed E-state index contributed by atoms with van der Waals surface area (Å²) in [4.78, 5) is 5.03. The average molecular weight is 239 g/mol. The van der Waals surface area contributed by atoms with Crippen molar-refractivity contribution in [2.75, 3.05) is 33.7 Å². The molecule has 0 aromatic carbocycles. The van der Waals surface area contributed by atoms with Crippen molar-refractivity contribution >= 4 is 0 Å². The molecule has 2 aliphatic rings. The molecule has 0 aromatic heterocycles. The third kappa shape index (κ3) is 2.02. The average Bonchev–Trinajstić information content (AvgIpc) is 2.89. The number of nitrogens with two attached hydrogens (primary N) is 1. The first-order valence-corrected chi connectivity index (χ1v) is 6.95. The van der Waals surface area contributed by atoms with Crippen LogP contribution in [0.25, 0.3) is 0 Å². The zero-order valence-corrected chi connectivity index (χ0v) is 12.2. The number of likely N-dealkylation sites (tertiary alicyclic amines) is 1. The molecule has 1 aliphatic carbocycles. The zero-order chi connectivity index (χ0) is 12.8. The van der Waals surface area contributed by atoms with Gasteiger partial charge in [-0.25, -0.2) is 0 Å². The zero-order valence-electron chi connectivity index (χ0n) is 12.2. The lowest BCUT2D eigenvalue weighted by atomic mass is 9.82. The molecule has 2 rings (SSSR count). The molecular weight excluding hydrogens is 210 g/mol. The smallest absolute Gasteiger partial charge is 0.0357 e. The lowest BCUT2D eigenvalue weighted by molar-refractivity contribution is 0.0634. The fourth-order valence-corrected chi connectivity index (χ4v) is 3.51. The lowest BCUT2D eigenvalue weighted by Gasteiger charge is -2.44. The van der Waals surface area contributed by atoms with Crippen LogP contribution in [0.1, 0.15) is 33.6 Å². The number of rotatable bonds is 4. The molecule has 3 unspecified atom stereocenters. The monoisotopic (exact) mass is 239 g/mol. The fraction of sp³-hybridized carbons (Fsp3) is 1.00. The summed E-state index contributed by atoms with van der Waals surface area (Å²) in [5.74, 6) is 0.748. The third-order valence-corrected chi connectivity index (χ3v) is 5.63. The van der Waals surface area contributed by atoms with E-state index in [2.05, 4.69) is 44.7 Å². The predicted molar refractivity (Wildman–Crippen MR) is 73.0 cm³/mol. The first kappa shape index (κ1) is 13.3. The molecule has 0 amide bonds. The molecule has 2 N–H and O–H groups in total. The molecule has 0 radical (unpaired) electrons. The normalized spacial score (nSPS) is 36.2. The van der Waals surface area contributed by atoms with E-state index in [9.17, 15) is 0 Å². The van der Waals surface area contributed by atoms with E-state index in [1.807, 2.05) is 0 Å². The number of hydrogen-bond donors (Lipinski definition) is 1. The highest BCUT2D eigenvalue weighted by molar-refractivity contribution is 5.11. The highest BCUT2D eigenvalue weighted by atomic mass is 15.3. The summed E-state index contributed by atoms with van der Waals surface area (Å²) in [6.07, 6.45) is 2.69. The molecule has 1 aliphatic heterocycles. The van der Waals surface area contributed by atoms with Crippen LogP contribution in [0.2, 0.25) is 0 Å². The molecule has 1 saturated carbocycles. The molecule has 100 valence electrons. The van der Waals surface area contributed by atoms with E-state index in [0.29, 0.717) is 11.5 Å². The minimum Gasteiger partial charge on any atom is -0.329 e. The highest BCUT2D eigenvalue weighted by Crippen LogP contribution is 2.56. The highest BCUT2D eigenvalue weighted by Gasteiger charge is 2.56. The Morgan fingerprint density at radius 3 is 2.29 bits per heavy atom. The van der Waals surface area contributed by atoms with Gasteiger partial charge >= 0.3 is 0 Å². The maximum atomic E-state index is 6.12. The number of likely N-dealkylation sites (N-methyl/N-ethyl adjacent to an activating group) is 1. The van der Waals surface area contributed by atoms with Gasteiger partial charge in [0, 0.05) is 31.2 Å². The second-order valence-corrected chi connectivity index (χ2v) is 6.95. The van der Waals surface area contributed by atoms with Crippen LogP contribution < -0.4 is 5.73 Å². The second-order valence-electron chi connectivity index (χ2n) is 6.95. The van der Waals surface area contributed by atoms with Crippen LogP contribution in [0.4, 0.5) is 0 Å². The van der Waals surface area contributed by atoms with Crippen molar-refractivity contribution in [3.63, 3.8) is 0 Å². The molecule has 0 spiro atoms. The summed E-state index contributed by atoms with van der Waals surface area (Å²) < 4.78 is 0. The predicted octanol–water partition coefficient (Wildman–Crippen LogP) is 1.39. The molecule has 2 fully saturated rings. The summed E-state index contributed by atoms with van der Waals surface area (Å²) in [6.45, 7) is 10.3. The van der Waals surface area contributed by atoms with E-state index in [0.717, 1.165) is 12.5 Å². The SMILES string of the molecule is CC1CN(C(C)(CN)C2(C)CC2)CC1N(C)C. The van der Waals surface area contributed by atoms with Crippen molar-refractivity contribution in [2.24, 2.45) is 17.1 Å². The largest absolute Gasteiger partial charge is 0.329 e. The minimum absolute atomic E-state index is 0.200. The molecular formula is C14H29N3. The standard InChI is InChI=1S/C14H29N3/c1-11-8-17(9-12(11)16(4)5)14(3,10-15)13(2)6-7-13/h11-12H,6-10,15H2,1-5H3. The second kappa shape index (κ2) is 4.22. The van der Waals surface area contributed by atoms with Crippen LogP contribution in [-0.2, 0) is 0 Å². The lowest BCUT2D eigenvalue weighted by Crippen LogP contribution is -2.56. The Balaban J connectivity index is 2.13. The van der Waals surface area contributed by atoms with Crippen LogP contribution >= 0.6 is 0 Å². The van der Waals surface area contributed by atoms with Crippen LogP contribution in [0, 0.1) is 11.3 Å². The van der Waals surface area contributed by atoms with Crippen molar-refractivity contribution in [2.45, 2.75) is 45.2 Å². The van der Waals surface area contributed by atoms with E-state index in [1.54, 1.807) is 0 Å². The van der Waals surface area contributed by atoms with Gasteiger partial charge in [-0.3, -0.25) is 4.90 Å². The Morgan fingerprint density at radius 2 is 1.94 bits per heavy atom. The van der Waals surface area contributed by atoms with Crippen LogP contribution in [-0.4, -0.2) is 55.1 Å². The van der Waals surface area contributed by atoms with Gasteiger partial charge in [0.25, 0.3) is 0 Å². The maximum absolute atomic E-state index is 6.12. The van der Waals surface area contributed by atoms with E-state index in [1.165, 1.54) is 25.9 Å². The molecule has 1 saturated heterocycles. The third-order valence-electron chi connectivity index (χ3n) is 5.63. The van der Waals surface area contributed by atoms with Crippen molar-refractivity contribution in [3.8, 4) is 0 Å². The maximum Gasteiger partial charge on any atom is 0.0357 e. The summed E-state index contributed by atoms with van der Waals surface area (Å²) >= 11 is 0. The first-order valence-electron chi connectivity index (χ1n) is 6.95. The Hall–Kier alpha value is -0.120. The van der Waals surface area contributed by atoms with Gasteiger partial charge in [-0.2, -0.15) is 0 Å². The summed E-state index contributed by atoms with van der Waals surface area (Å²) in [5.41, 5.74) is 6.79. The fourth-order valence-electron chi connectivity index (χ4n) is 3.51. The van der Waals surface area contributed by atoms with Gasteiger partial charge in [0.1, 0.15) is 0 Å². The van der Waals surface area contributed by atoms with Gasteiger partial charge < -0.3 is 10.6 Å². The van der Waals surface area contributed by atoms with Crippen LogP contribution in [0.15, 0.2) is 0 Å². The van der Waals surface area contributed by atoms with Gasteiger partial charge in [0.2, 0.25) is 0 Å². The molecule has 0 bridgehead atoms. The van der Waals surface area contributed by atoms with E-state index in [-0.39, 0.29) is 5.54 Å². The van der Waals surface area contributed by atoms with Gasteiger partial charge in [-0.05, 0) is 45.2 Å². The Labute approximate surface area is 106 Å². The molecule has 3 nitrogen and oxygen atoms in total. The topological polar surface area (TPSA) is 32.5 Å². The molecule has 3 atom stereocenters. The van der Waals surface area contributed by atoms with Crippen molar-refractivity contribution in [1.29, 1.82) is 0 Å². The number of nitrogens with zero attached hydrogens (tertiary/aromatic N) is 2. The van der Waals surface area contributed by atoms with E-state index < -0.39 is 0 Å². The quantitative estimate of drug-likeness (QED) is 0.804. The minimum atomic E-state index is 0.200. The van der Waals surface area contributed by atoms with Gasteiger partial charge in [-0.15, -0.1) is 0 Å². The molecule has 3 heteroatoms. The molecule has 17 heavy (non-hydrogen) atoms. The van der Waals surface area contributed by atoms with E-state index >= 15 is 0 Å². The van der Waals surface area contributed by atoms with Crippen molar-refractivity contribution < 1.29 is 0 Å².